The van der Waals surface area contributed by atoms with Crippen LogP contribution in [0.25, 0.3) is 0 Å². The van der Waals surface area contributed by atoms with E-state index < -0.39 is 0 Å². The highest BCUT2D eigenvalue weighted by atomic mass is 14.9. The molecule has 2 unspecified atom stereocenters. The zero-order valence-electron chi connectivity index (χ0n) is 10.1. The average molecular weight is 185 g/mol. The van der Waals surface area contributed by atoms with Gasteiger partial charge in [-0.1, -0.05) is 41.0 Å². The van der Waals surface area contributed by atoms with Gasteiger partial charge in [-0.15, -0.1) is 0 Å². The Bertz CT molecular complexity index is 110. The summed E-state index contributed by atoms with van der Waals surface area (Å²) in [6.07, 6.45) is 5.12. The van der Waals surface area contributed by atoms with Gasteiger partial charge in [-0.2, -0.15) is 0 Å². The van der Waals surface area contributed by atoms with E-state index in [1.54, 1.807) is 0 Å². The van der Waals surface area contributed by atoms with Gasteiger partial charge in [0.1, 0.15) is 0 Å². The van der Waals surface area contributed by atoms with E-state index >= 15 is 0 Å². The van der Waals surface area contributed by atoms with Gasteiger partial charge < -0.3 is 5.32 Å². The normalized spacial score (nSPS) is 16.2. The molecule has 1 N–H and O–H groups in total. The lowest BCUT2D eigenvalue weighted by molar-refractivity contribution is 0.325. The molecule has 0 aromatic heterocycles. The van der Waals surface area contributed by atoms with Crippen molar-refractivity contribution < 1.29 is 0 Å². The Labute approximate surface area is 84.3 Å². The molecular formula is C12H27N. The average Bonchev–Trinajstić information content (AvgIpc) is 2.11. The molecule has 0 bridgehead atoms. The van der Waals surface area contributed by atoms with E-state index in [2.05, 4.69) is 39.9 Å². The molecule has 0 rings (SSSR count). The van der Waals surface area contributed by atoms with Gasteiger partial charge in [0.15, 0.2) is 0 Å². The first kappa shape index (κ1) is 13.0. The van der Waals surface area contributed by atoms with Gasteiger partial charge >= 0.3 is 0 Å². The Morgan fingerprint density at radius 1 is 1.00 bits per heavy atom. The van der Waals surface area contributed by atoms with Crippen molar-refractivity contribution in [1.82, 2.24) is 5.32 Å². The van der Waals surface area contributed by atoms with Gasteiger partial charge in [0.05, 0.1) is 0 Å². The Balaban J connectivity index is 3.87. The standard InChI is InChI=1S/C12H27N/c1-6-9-11(7-2)13-12(8-3)10(4)5/h10-13H,6-9H2,1-5H3. The number of rotatable bonds is 7. The van der Waals surface area contributed by atoms with Crippen molar-refractivity contribution in [2.24, 2.45) is 5.92 Å². The first-order chi connectivity index (χ1) is 6.15. The first-order valence-electron chi connectivity index (χ1n) is 5.91. The summed E-state index contributed by atoms with van der Waals surface area (Å²) in [6, 6.07) is 1.44. The monoisotopic (exact) mass is 185 g/mol. The molecule has 0 aliphatic rings. The highest BCUT2D eigenvalue weighted by Gasteiger charge is 2.14. The van der Waals surface area contributed by atoms with Crippen LogP contribution in [-0.4, -0.2) is 12.1 Å². The van der Waals surface area contributed by atoms with Gasteiger partial charge in [-0.3, -0.25) is 0 Å². The summed E-state index contributed by atoms with van der Waals surface area (Å²) >= 11 is 0. The topological polar surface area (TPSA) is 12.0 Å². The molecule has 0 fully saturated rings. The van der Waals surface area contributed by atoms with Crippen molar-refractivity contribution in [2.45, 2.75) is 72.4 Å². The van der Waals surface area contributed by atoms with Crippen LogP contribution >= 0.6 is 0 Å². The van der Waals surface area contributed by atoms with Gasteiger partial charge in [-0.05, 0) is 25.2 Å². The van der Waals surface area contributed by atoms with E-state index in [4.69, 9.17) is 0 Å². The molecule has 80 valence electrons. The third kappa shape index (κ3) is 5.30. The maximum atomic E-state index is 3.75. The molecule has 0 aliphatic carbocycles. The summed E-state index contributed by atoms with van der Waals surface area (Å²) in [5, 5.41) is 3.75. The molecule has 0 saturated heterocycles. The zero-order chi connectivity index (χ0) is 10.3. The predicted molar refractivity (Wildman–Crippen MR) is 61.0 cm³/mol. The van der Waals surface area contributed by atoms with Crippen LogP contribution < -0.4 is 5.32 Å². The predicted octanol–water partition coefficient (Wildman–Crippen LogP) is 3.59. The maximum Gasteiger partial charge on any atom is 0.00900 e. The van der Waals surface area contributed by atoms with Crippen molar-refractivity contribution in [3.63, 3.8) is 0 Å². The fourth-order valence-electron chi connectivity index (χ4n) is 1.84. The minimum Gasteiger partial charge on any atom is -0.311 e. The number of hydrogen-bond acceptors (Lipinski definition) is 1. The SMILES string of the molecule is CCCC(CC)NC(CC)C(C)C. The van der Waals surface area contributed by atoms with Crippen molar-refractivity contribution >= 4 is 0 Å². The molecule has 13 heavy (non-hydrogen) atoms. The maximum absolute atomic E-state index is 3.75. The zero-order valence-corrected chi connectivity index (χ0v) is 10.1. The van der Waals surface area contributed by atoms with Crippen LogP contribution in [0.2, 0.25) is 0 Å². The van der Waals surface area contributed by atoms with Crippen LogP contribution in [0.5, 0.6) is 0 Å². The van der Waals surface area contributed by atoms with Crippen molar-refractivity contribution in [2.75, 3.05) is 0 Å². The van der Waals surface area contributed by atoms with E-state index in [0.29, 0.717) is 6.04 Å². The third-order valence-corrected chi connectivity index (χ3v) is 2.82. The molecule has 2 atom stereocenters. The van der Waals surface area contributed by atoms with Crippen LogP contribution in [0.1, 0.15) is 60.3 Å². The molecule has 0 saturated carbocycles. The summed E-state index contributed by atoms with van der Waals surface area (Å²) in [4.78, 5) is 0. The van der Waals surface area contributed by atoms with E-state index in [1.807, 2.05) is 0 Å². The Hall–Kier alpha value is -0.0400. The Kier molecular flexibility index (Phi) is 7.35. The molecule has 0 radical (unpaired) electrons. The summed E-state index contributed by atoms with van der Waals surface area (Å²) < 4.78 is 0. The molecule has 0 aliphatic heterocycles. The molecule has 0 spiro atoms. The van der Waals surface area contributed by atoms with Crippen LogP contribution in [0.3, 0.4) is 0 Å². The fourth-order valence-corrected chi connectivity index (χ4v) is 1.84. The number of nitrogens with one attached hydrogen (secondary N) is 1. The van der Waals surface area contributed by atoms with E-state index in [-0.39, 0.29) is 0 Å². The minimum absolute atomic E-state index is 0.705. The minimum atomic E-state index is 0.705. The molecule has 1 nitrogen and oxygen atoms in total. The molecule has 0 heterocycles. The van der Waals surface area contributed by atoms with Crippen molar-refractivity contribution in [1.29, 1.82) is 0 Å². The van der Waals surface area contributed by atoms with E-state index in [1.165, 1.54) is 25.7 Å². The second kappa shape index (κ2) is 7.37. The lowest BCUT2D eigenvalue weighted by Crippen LogP contribution is -2.40. The second-order valence-electron chi connectivity index (χ2n) is 4.32. The largest absolute Gasteiger partial charge is 0.311 e. The smallest absolute Gasteiger partial charge is 0.00900 e. The Morgan fingerprint density at radius 2 is 1.62 bits per heavy atom. The molecule has 1 heteroatoms. The highest BCUT2D eigenvalue weighted by molar-refractivity contribution is 4.74. The lowest BCUT2D eigenvalue weighted by Gasteiger charge is -2.26. The van der Waals surface area contributed by atoms with Crippen LogP contribution in [-0.2, 0) is 0 Å². The van der Waals surface area contributed by atoms with Crippen LogP contribution in [0, 0.1) is 5.92 Å². The molecule has 0 amide bonds. The van der Waals surface area contributed by atoms with Crippen molar-refractivity contribution in [3.05, 3.63) is 0 Å². The summed E-state index contributed by atoms with van der Waals surface area (Å²) in [5.74, 6) is 0.760. The first-order valence-corrected chi connectivity index (χ1v) is 5.91. The fraction of sp³-hybridized carbons (Fsp3) is 1.00. The van der Waals surface area contributed by atoms with Gasteiger partial charge in [0.25, 0.3) is 0 Å². The lowest BCUT2D eigenvalue weighted by atomic mass is 9.99. The van der Waals surface area contributed by atoms with Gasteiger partial charge in [0, 0.05) is 12.1 Å². The molecular weight excluding hydrogens is 158 g/mol. The summed E-state index contributed by atoms with van der Waals surface area (Å²) in [5.41, 5.74) is 0. The molecule has 0 aromatic rings. The second-order valence-corrected chi connectivity index (χ2v) is 4.32. The third-order valence-electron chi connectivity index (χ3n) is 2.82. The van der Waals surface area contributed by atoms with E-state index in [9.17, 15) is 0 Å². The van der Waals surface area contributed by atoms with Gasteiger partial charge in [-0.25, -0.2) is 0 Å². The molecule has 0 aromatic carbocycles. The number of hydrogen-bond donors (Lipinski definition) is 1. The van der Waals surface area contributed by atoms with E-state index in [0.717, 1.165) is 12.0 Å². The van der Waals surface area contributed by atoms with Crippen LogP contribution in [0.15, 0.2) is 0 Å². The quantitative estimate of drug-likeness (QED) is 0.639. The van der Waals surface area contributed by atoms with Crippen LogP contribution in [0.4, 0.5) is 0 Å². The van der Waals surface area contributed by atoms with Gasteiger partial charge in [0.2, 0.25) is 0 Å². The Morgan fingerprint density at radius 3 is 1.92 bits per heavy atom. The summed E-state index contributed by atoms with van der Waals surface area (Å²) in [6.45, 7) is 11.4. The summed E-state index contributed by atoms with van der Waals surface area (Å²) in [7, 11) is 0. The highest BCUT2D eigenvalue weighted by Crippen LogP contribution is 2.10. The van der Waals surface area contributed by atoms with Crippen molar-refractivity contribution in [3.8, 4) is 0 Å².